The summed E-state index contributed by atoms with van der Waals surface area (Å²) >= 11 is 3.60. The van der Waals surface area contributed by atoms with Gasteiger partial charge in [0.2, 0.25) is 0 Å². The molecule has 1 N–H and O–H groups in total. The van der Waals surface area contributed by atoms with E-state index < -0.39 is 0 Å². The van der Waals surface area contributed by atoms with Gasteiger partial charge in [-0.15, -0.1) is 0 Å². The van der Waals surface area contributed by atoms with E-state index in [2.05, 4.69) is 50.7 Å². The van der Waals surface area contributed by atoms with Crippen LogP contribution in [0.15, 0.2) is 113 Å². The van der Waals surface area contributed by atoms with Crippen molar-refractivity contribution in [2.24, 2.45) is 5.10 Å². The second kappa shape index (κ2) is 14.4. The molecule has 0 aliphatic rings. The number of ether oxygens (including phenoxy) is 4. The summed E-state index contributed by atoms with van der Waals surface area (Å²) in [6.45, 7) is 3.08. The van der Waals surface area contributed by atoms with Crippen molar-refractivity contribution in [3.8, 4) is 23.0 Å². The van der Waals surface area contributed by atoms with Crippen LogP contribution in [-0.4, -0.2) is 25.8 Å². The molecule has 0 spiro atoms. The Bertz CT molecular complexity index is 1730. The summed E-state index contributed by atoms with van der Waals surface area (Å²) in [7, 11) is 1.58. The highest BCUT2D eigenvalue weighted by molar-refractivity contribution is 9.10. The first-order valence-corrected chi connectivity index (χ1v) is 14.6. The molecule has 0 saturated heterocycles. The van der Waals surface area contributed by atoms with E-state index >= 15 is 0 Å². The molecule has 218 valence electrons. The van der Waals surface area contributed by atoms with E-state index in [0.717, 1.165) is 21.9 Å². The number of nitrogens with one attached hydrogen (secondary N) is 1. The van der Waals surface area contributed by atoms with Crippen LogP contribution in [0.2, 0.25) is 0 Å². The maximum absolute atomic E-state index is 12.9. The van der Waals surface area contributed by atoms with E-state index in [9.17, 15) is 4.79 Å². The first kappa shape index (κ1) is 29.7. The Hall–Kier alpha value is -4.82. The summed E-state index contributed by atoms with van der Waals surface area (Å²) in [4.78, 5) is 12.9. The van der Waals surface area contributed by atoms with Crippen LogP contribution in [-0.2, 0) is 13.2 Å². The van der Waals surface area contributed by atoms with E-state index in [4.69, 9.17) is 18.9 Å². The van der Waals surface area contributed by atoms with Crippen LogP contribution >= 0.6 is 15.9 Å². The number of fused-ring (bicyclic) bond motifs is 1. The Morgan fingerprint density at radius 2 is 1.60 bits per heavy atom. The number of hydrogen-bond acceptors (Lipinski definition) is 6. The quantitative estimate of drug-likeness (QED) is 0.111. The third-order valence-electron chi connectivity index (χ3n) is 6.63. The highest BCUT2D eigenvalue weighted by Crippen LogP contribution is 2.37. The van der Waals surface area contributed by atoms with Gasteiger partial charge in [0.1, 0.15) is 13.2 Å². The average molecular weight is 640 g/mol. The Labute approximate surface area is 259 Å². The zero-order chi connectivity index (χ0) is 30.0. The number of rotatable bonds is 12. The Balaban J connectivity index is 1.24. The SMILES string of the molecule is CCOc1cc(C(=O)N/N=C/c2cc(Br)c(OCc3cccc4ccccc34)c(OC)c2)ccc1OCc1ccccc1. The molecular formula is C35H31BrN2O5. The zero-order valence-corrected chi connectivity index (χ0v) is 25.5. The van der Waals surface area contributed by atoms with E-state index in [1.165, 1.54) is 0 Å². The van der Waals surface area contributed by atoms with E-state index in [-0.39, 0.29) is 5.91 Å². The van der Waals surface area contributed by atoms with Crippen molar-refractivity contribution in [3.63, 3.8) is 0 Å². The fourth-order valence-corrected chi connectivity index (χ4v) is 5.10. The molecule has 7 nitrogen and oxygen atoms in total. The lowest BCUT2D eigenvalue weighted by Crippen LogP contribution is -2.17. The van der Waals surface area contributed by atoms with Gasteiger partial charge in [-0.25, -0.2) is 5.43 Å². The molecule has 8 heteroatoms. The average Bonchev–Trinajstić information content (AvgIpc) is 3.04. The largest absolute Gasteiger partial charge is 0.493 e. The van der Waals surface area contributed by atoms with Crippen LogP contribution in [0.1, 0.15) is 34.0 Å². The van der Waals surface area contributed by atoms with Crippen molar-refractivity contribution in [3.05, 3.63) is 130 Å². The van der Waals surface area contributed by atoms with Gasteiger partial charge < -0.3 is 18.9 Å². The van der Waals surface area contributed by atoms with Gasteiger partial charge >= 0.3 is 0 Å². The summed E-state index contributed by atoms with van der Waals surface area (Å²) in [5.74, 6) is 1.78. The number of nitrogens with zero attached hydrogens (tertiary/aromatic N) is 1. The monoisotopic (exact) mass is 638 g/mol. The molecule has 0 aromatic heterocycles. The van der Waals surface area contributed by atoms with Crippen LogP contribution in [0.5, 0.6) is 23.0 Å². The van der Waals surface area contributed by atoms with Crippen molar-refractivity contribution >= 4 is 38.8 Å². The minimum atomic E-state index is -0.382. The van der Waals surface area contributed by atoms with Gasteiger partial charge in [-0.3, -0.25) is 4.79 Å². The highest BCUT2D eigenvalue weighted by Gasteiger charge is 2.14. The fourth-order valence-electron chi connectivity index (χ4n) is 4.52. The third kappa shape index (κ3) is 7.53. The molecular weight excluding hydrogens is 608 g/mol. The van der Waals surface area contributed by atoms with Gasteiger partial charge in [0, 0.05) is 5.56 Å². The second-order valence-corrected chi connectivity index (χ2v) is 10.4. The van der Waals surface area contributed by atoms with Crippen molar-refractivity contribution in [1.29, 1.82) is 0 Å². The minimum Gasteiger partial charge on any atom is -0.493 e. The number of carbonyl (C=O) groups is 1. The molecule has 0 atom stereocenters. The number of methoxy groups -OCH3 is 1. The van der Waals surface area contributed by atoms with Gasteiger partial charge in [0.25, 0.3) is 5.91 Å². The molecule has 43 heavy (non-hydrogen) atoms. The zero-order valence-electron chi connectivity index (χ0n) is 23.9. The molecule has 0 saturated carbocycles. The van der Waals surface area contributed by atoms with Gasteiger partial charge in [-0.1, -0.05) is 72.8 Å². The normalized spacial score (nSPS) is 11.0. The maximum atomic E-state index is 12.9. The molecule has 0 fully saturated rings. The number of halogens is 1. The summed E-state index contributed by atoms with van der Waals surface area (Å²) < 4.78 is 24.2. The van der Waals surface area contributed by atoms with Gasteiger partial charge in [-0.05, 0) is 80.6 Å². The van der Waals surface area contributed by atoms with Gasteiger partial charge in [0.15, 0.2) is 23.0 Å². The fraction of sp³-hybridized carbons (Fsp3) is 0.143. The third-order valence-corrected chi connectivity index (χ3v) is 7.22. The maximum Gasteiger partial charge on any atom is 0.271 e. The highest BCUT2D eigenvalue weighted by atomic mass is 79.9. The van der Waals surface area contributed by atoms with E-state index in [1.807, 2.05) is 61.5 Å². The smallest absolute Gasteiger partial charge is 0.271 e. The van der Waals surface area contributed by atoms with Crippen molar-refractivity contribution in [2.45, 2.75) is 20.1 Å². The van der Waals surface area contributed by atoms with Crippen LogP contribution in [0.4, 0.5) is 0 Å². The van der Waals surface area contributed by atoms with Gasteiger partial charge in [-0.2, -0.15) is 5.10 Å². The summed E-state index contributed by atoms with van der Waals surface area (Å²) in [6, 6.07) is 32.9. The lowest BCUT2D eigenvalue weighted by atomic mass is 10.1. The molecule has 0 unspecified atom stereocenters. The van der Waals surface area contributed by atoms with E-state index in [1.54, 1.807) is 37.6 Å². The first-order chi connectivity index (χ1) is 21.1. The number of carbonyl (C=O) groups excluding carboxylic acids is 1. The molecule has 0 aliphatic heterocycles. The molecule has 5 aromatic rings. The van der Waals surface area contributed by atoms with Crippen molar-refractivity contribution in [1.82, 2.24) is 5.43 Å². The first-order valence-electron chi connectivity index (χ1n) is 13.8. The predicted molar refractivity (Wildman–Crippen MR) is 172 cm³/mol. The van der Waals surface area contributed by atoms with Gasteiger partial charge in [0.05, 0.1) is 24.4 Å². The Kier molecular flexibility index (Phi) is 9.92. The summed E-state index contributed by atoms with van der Waals surface area (Å²) in [5.41, 5.74) is 5.79. The summed E-state index contributed by atoms with van der Waals surface area (Å²) in [6.07, 6.45) is 1.54. The predicted octanol–water partition coefficient (Wildman–Crippen LogP) is 7.93. The van der Waals surface area contributed by atoms with Crippen LogP contribution in [0.3, 0.4) is 0 Å². The van der Waals surface area contributed by atoms with Crippen LogP contribution < -0.4 is 24.4 Å². The molecule has 0 heterocycles. The minimum absolute atomic E-state index is 0.375. The van der Waals surface area contributed by atoms with Crippen molar-refractivity contribution < 1.29 is 23.7 Å². The molecule has 5 rings (SSSR count). The molecule has 0 radical (unpaired) electrons. The lowest BCUT2D eigenvalue weighted by Gasteiger charge is -2.14. The van der Waals surface area contributed by atoms with E-state index in [0.29, 0.717) is 58.4 Å². The number of hydrazone groups is 1. The Morgan fingerprint density at radius 1 is 0.814 bits per heavy atom. The second-order valence-electron chi connectivity index (χ2n) is 9.53. The molecule has 0 aliphatic carbocycles. The Morgan fingerprint density at radius 3 is 2.42 bits per heavy atom. The molecule has 0 bridgehead atoms. The van der Waals surface area contributed by atoms with Crippen LogP contribution in [0, 0.1) is 0 Å². The molecule has 5 aromatic carbocycles. The number of hydrogen-bond donors (Lipinski definition) is 1. The lowest BCUT2D eigenvalue weighted by molar-refractivity contribution is 0.0954. The van der Waals surface area contributed by atoms with Crippen molar-refractivity contribution in [2.75, 3.05) is 13.7 Å². The molecule has 1 amide bonds. The standard InChI is InChI=1S/C35H31BrN2O5/c1-3-41-32-20-27(16-17-31(32)42-22-24-10-5-4-6-11-24)35(39)38-37-21-25-18-30(36)34(33(19-25)40-2)43-23-28-14-9-13-26-12-7-8-15-29(26)28/h4-21H,3,22-23H2,1-2H3,(H,38,39)/b37-21+. The van der Waals surface area contributed by atoms with Crippen LogP contribution in [0.25, 0.3) is 10.8 Å². The number of amides is 1. The summed E-state index contributed by atoms with van der Waals surface area (Å²) in [5, 5.41) is 6.45. The number of benzene rings is 5. The topological polar surface area (TPSA) is 78.4 Å².